The van der Waals surface area contributed by atoms with Crippen LogP contribution in [0.2, 0.25) is 0 Å². The Balaban J connectivity index is 2.12. The van der Waals surface area contributed by atoms with Gasteiger partial charge >= 0.3 is 5.97 Å². The quantitative estimate of drug-likeness (QED) is 0.306. The fourth-order valence-corrected chi connectivity index (χ4v) is 1.80. The highest BCUT2D eigenvalue weighted by Crippen LogP contribution is 2.29. The van der Waals surface area contributed by atoms with Gasteiger partial charge < -0.3 is 9.84 Å². The summed E-state index contributed by atoms with van der Waals surface area (Å²) in [7, 11) is 0. The first-order valence-electron chi connectivity index (χ1n) is 6.31. The van der Waals surface area contributed by atoms with E-state index in [0.717, 1.165) is 0 Å². The van der Waals surface area contributed by atoms with Gasteiger partial charge in [0.05, 0.1) is 0 Å². The molecule has 0 spiro atoms. The molecule has 8 heteroatoms. The number of aromatic hydroxyl groups is 1. The van der Waals surface area contributed by atoms with E-state index >= 15 is 0 Å². The highest BCUT2D eigenvalue weighted by Gasteiger charge is 2.28. The average Bonchev–Trinajstić information content (AvgIpc) is 2.53. The Kier molecular flexibility index (Phi) is 4.83. The summed E-state index contributed by atoms with van der Waals surface area (Å²) in [5.74, 6) is -14.0. The van der Waals surface area contributed by atoms with Crippen LogP contribution >= 0.6 is 0 Å². The molecule has 0 heterocycles. The van der Waals surface area contributed by atoms with Gasteiger partial charge in [-0.1, -0.05) is 12.1 Å². The lowest BCUT2D eigenvalue weighted by Crippen LogP contribution is -2.14. The van der Waals surface area contributed by atoms with E-state index in [-0.39, 0.29) is 18.6 Å². The van der Waals surface area contributed by atoms with Gasteiger partial charge in [-0.3, -0.25) is 4.79 Å². The van der Waals surface area contributed by atoms with Gasteiger partial charge in [-0.25, -0.2) is 13.2 Å². The molecule has 0 aliphatic carbocycles. The summed E-state index contributed by atoms with van der Waals surface area (Å²) in [6, 6.07) is 5.84. The van der Waals surface area contributed by atoms with E-state index in [1.54, 1.807) is 6.07 Å². The standard InChI is InChI=1S/C15H9F5O3/c16-10-11(17)13(19)15(14(20)12(10)18)23-9(22)5-4-7-2-1-3-8(21)6-7/h1-3,6,21H,4-5H2. The van der Waals surface area contributed by atoms with Gasteiger partial charge in [0.1, 0.15) is 5.75 Å². The average molecular weight is 332 g/mol. The molecule has 0 atom stereocenters. The number of ether oxygens (including phenoxy) is 1. The Labute approximate surface area is 126 Å². The predicted molar refractivity (Wildman–Crippen MR) is 68.3 cm³/mol. The molecule has 0 amide bonds. The highest BCUT2D eigenvalue weighted by molar-refractivity contribution is 5.72. The molecule has 2 aromatic carbocycles. The molecule has 0 bridgehead atoms. The van der Waals surface area contributed by atoms with Gasteiger partial charge in [0.2, 0.25) is 34.8 Å². The number of aryl methyl sites for hydroxylation is 1. The molecular formula is C15H9F5O3. The first kappa shape index (κ1) is 16.7. The minimum Gasteiger partial charge on any atom is -0.508 e. The summed E-state index contributed by atoms with van der Waals surface area (Å²) in [6.07, 6.45) is -0.342. The van der Waals surface area contributed by atoms with Crippen LogP contribution in [0.1, 0.15) is 12.0 Å². The minimum absolute atomic E-state index is 0.0443. The van der Waals surface area contributed by atoms with Crippen molar-refractivity contribution in [2.24, 2.45) is 0 Å². The van der Waals surface area contributed by atoms with E-state index in [9.17, 15) is 31.9 Å². The van der Waals surface area contributed by atoms with Crippen LogP contribution in [0.3, 0.4) is 0 Å². The Morgan fingerprint density at radius 1 is 0.957 bits per heavy atom. The lowest BCUT2D eigenvalue weighted by molar-refractivity contribution is -0.134. The third-order valence-electron chi connectivity index (χ3n) is 2.91. The fraction of sp³-hybridized carbons (Fsp3) is 0.133. The van der Waals surface area contributed by atoms with Crippen LogP contribution < -0.4 is 4.74 Å². The van der Waals surface area contributed by atoms with Gasteiger partial charge in [0, 0.05) is 6.42 Å². The number of phenolic OH excluding ortho intramolecular Hbond substituents is 1. The number of esters is 1. The van der Waals surface area contributed by atoms with Crippen molar-refractivity contribution in [1.82, 2.24) is 0 Å². The minimum atomic E-state index is -2.33. The second kappa shape index (κ2) is 6.64. The van der Waals surface area contributed by atoms with E-state index in [1.807, 2.05) is 0 Å². The second-order valence-corrected chi connectivity index (χ2v) is 4.54. The van der Waals surface area contributed by atoms with Gasteiger partial charge in [-0.05, 0) is 24.1 Å². The van der Waals surface area contributed by atoms with Crippen molar-refractivity contribution in [2.45, 2.75) is 12.8 Å². The van der Waals surface area contributed by atoms with Crippen molar-refractivity contribution < 1.29 is 36.6 Å². The van der Waals surface area contributed by atoms with Crippen LogP contribution in [0, 0.1) is 29.1 Å². The summed E-state index contributed by atoms with van der Waals surface area (Å²) in [5, 5.41) is 9.24. The summed E-state index contributed by atoms with van der Waals surface area (Å²) < 4.78 is 69.7. The van der Waals surface area contributed by atoms with Crippen molar-refractivity contribution in [3.05, 3.63) is 58.9 Å². The van der Waals surface area contributed by atoms with E-state index in [4.69, 9.17) is 0 Å². The van der Waals surface area contributed by atoms with Crippen LogP contribution in [0.15, 0.2) is 24.3 Å². The molecule has 0 aliphatic rings. The maximum atomic E-state index is 13.3. The van der Waals surface area contributed by atoms with Crippen molar-refractivity contribution >= 4 is 5.97 Å². The number of hydrogen-bond acceptors (Lipinski definition) is 3. The molecule has 0 aromatic heterocycles. The second-order valence-electron chi connectivity index (χ2n) is 4.54. The fourth-order valence-electron chi connectivity index (χ4n) is 1.80. The molecule has 2 rings (SSSR count). The Hall–Kier alpha value is -2.64. The van der Waals surface area contributed by atoms with Gasteiger partial charge in [-0.15, -0.1) is 0 Å². The molecule has 23 heavy (non-hydrogen) atoms. The smallest absolute Gasteiger partial charge is 0.311 e. The molecule has 0 fully saturated rings. The zero-order valence-corrected chi connectivity index (χ0v) is 11.4. The summed E-state index contributed by atoms with van der Waals surface area (Å²) in [6.45, 7) is 0. The maximum Gasteiger partial charge on any atom is 0.311 e. The van der Waals surface area contributed by atoms with E-state index in [2.05, 4.69) is 4.74 Å². The van der Waals surface area contributed by atoms with E-state index in [1.165, 1.54) is 18.2 Å². The van der Waals surface area contributed by atoms with E-state index < -0.39 is 40.8 Å². The number of halogens is 5. The van der Waals surface area contributed by atoms with Crippen molar-refractivity contribution in [3.8, 4) is 11.5 Å². The number of phenols is 1. The molecule has 122 valence electrons. The molecule has 3 nitrogen and oxygen atoms in total. The van der Waals surface area contributed by atoms with Crippen LogP contribution in [-0.4, -0.2) is 11.1 Å². The van der Waals surface area contributed by atoms with Crippen LogP contribution in [-0.2, 0) is 11.2 Å². The number of carbonyl (C=O) groups excluding carboxylic acids is 1. The van der Waals surface area contributed by atoms with Crippen LogP contribution in [0.4, 0.5) is 22.0 Å². The summed E-state index contributed by atoms with van der Waals surface area (Å²) in [4.78, 5) is 11.5. The zero-order chi connectivity index (χ0) is 17.1. The number of carbonyl (C=O) groups is 1. The summed E-state index contributed by atoms with van der Waals surface area (Å²) >= 11 is 0. The molecule has 2 aromatic rings. The summed E-state index contributed by atoms with van der Waals surface area (Å²) in [5.41, 5.74) is 0.527. The Morgan fingerprint density at radius 2 is 1.52 bits per heavy atom. The first-order valence-corrected chi connectivity index (χ1v) is 6.31. The third kappa shape index (κ3) is 3.58. The highest BCUT2D eigenvalue weighted by atomic mass is 19.2. The van der Waals surface area contributed by atoms with Crippen LogP contribution in [0.5, 0.6) is 11.5 Å². The number of rotatable bonds is 4. The molecule has 0 saturated carbocycles. The van der Waals surface area contributed by atoms with E-state index in [0.29, 0.717) is 5.56 Å². The zero-order valence-electron chi connectivity index (χ0n) is 11.4. The Morgan fingerprint density at radius 3 is 2.09 bits per heavy atom. The monoisotopic (exact) mass is 332 g/mol. The van der Waals surface area contributed by atoms with Crippen molar-refractivity contribution in [2.75, 3.05) is 0 Å². The maximum absolute atomic E-state index is 13.3. The lowest BCUT2D eigenvalue weighted by Gasteiger charge is -2.09. The topological polar surface area (TPSA) is 46.5 Å². The molecule has 0 unspecified atom stereocenters. The van der Waals surface area contributed by atoms with Crippen LogP contribution in [0.25, 0.3) is 0 Å². The lowest BCUT2D eigenvalue weighted by atomic mass is 10.1. The normalized spacial score (nSPS) is 10.7. The Bertz CT molecular complexity index is 732. The third-order valence-corrected chi connectivity index (χ3v) is 2.91. The molecule has 0 saturated heterocycles. The molecular weight excluding hydrogens is 323 g/mol. The van der Waals surface area contributed by atoms with Gasteiger partial charge in [0.15, 0.2) is 0 Å². The molecule has 1 N–H and O–H groups in total. The number of benzene rings is 2. The van der Waals surface area contributed by atoms with Gasteiger partial charge in [0.25, 0.3) is 0 Å². The largest absolute Gasteiger partial charge is 0.508 e. The first-order chi connectivity index (χ1) is 10.8. The van der Waals surface area contributed by atoms with Gasteiger partial charge in [-0.2, -0.15) is 8.78 Å². The van der Waals surface area contributed by atoms with Crippen molar-refractivity contribution in [3.63, 3.8) is 0 Å². The molecule has 0 aliphatic heterocycles. The predicted octanol–water partition coefficient (Wildman–Crippen LogP) is 3.63. The molecule has 0 radical (unpaired) electrons. The SMILES string of the molecule is O=C(CCc1cccc(O)c1)Oc1c(F)c(F)c(F)c(F)c1F. The number of hydrogen-bond donors (Lipinski definition) is 1. The van der Waals surface area contributed by atoms with Crippen molar-refractivity contribution in [1.29, 1.82) is 0 Å².